The molecule has 12 heteroatoms. The molecule has 0 bridgehead atoms. The normalized spacial score (nSPS) is 23.8. The van der Waals surface area contributed by atoms with Gasteiger partial charge in [-0.1, -0.05) is 0 Å². The van der Waals surface area contributed by atoms with Gasteiger partial charge < -0.3 is 40.3 Å². The minimum Gasteiger partial charge on any atom is -0.453 e. The van der Waals surface area contributed by atoms with Gasteiger partial charge in [0.15, 0.2) is 0 Å². The smallest absolute Gasteiger partial charge is 0.409 e. The number of carbonyl (C=O) groups excluding carboxylic acids is 3. The number of carbonyl (C=O) groups is 3. The topological polar surface area (TPSA) is 113 Å². The van der Waals surface area contributed by atoms with Gasteiger partial charge in [0.1, 0.15) is 0 Å². The maximum absolute atomic E-state index is 10.7. The summed E-state index contributed by atoms with van der Waals surface area (Å²) in [6.07, 6.45) is 7.26. The number of amides is 3. The molecule has 3 amide bonds. The summed E-state index contributed by atoms with van der Waals surface area (Å²) in [4.78, 5) is 41.9. The van der Waals surface area contributed by atoms with Crippen LogP contribution in [0.1, 0.15) is 58.8 Å². The van der Waals surface area contributed by atoms with Crippen molar-refractivity contribution in [3.05, 3.63) is 0 Å². The summed E-state index contributed by atoms with van der Waals surface area (Å²) in [5.74, 6) is 0.594. The molecule has 3 N–H and O–H groups in total. The molecule has 1 aliphatic carbocycles. The van der Waals surface area contributed by atoms with Crippen molar-refractivity contribution < 1.29 is 19.1 Å². The highest BCUT2D eigenvalue weighted by Gasteiger charge is 2.30. The van der Waals surface area contributed by atoms with Gasteiger partial charge in [0.05, 0.1) is 7.11 Å². The Labute approximate surface area is 262 Å². The van der Waals surface area contributed by atoms with Crippen LogP contribution < -0.4 is 16.0 Å². The average Bonchev–Trinajstić information content (AvgIpc) is 3.27. The Hall–Kier alpha value is -1.99. The highest BCUT2D eigenvalue weighted by Crippen LogP contribution is 2.22. The minimum atomic E-state index is -0.230. The van der Waals surface area contributed by atoms with Crippen molar-refractivity contribution in [2.24, 2.45) is 0 Å². The zero-order chi connectivity index (χ0) is 32.5. The lowest BCUT2D eigenvalue weighted by Crippen LogP contribution is -2.59. The molecule has 12 nitrogen and oxygen atoms in total. The number of methoxy groups -OCH3 is 1. The first-order chi connectivity index (χ1) is 20.4. The number of hydrogen-bond donors (Lipinski definition) is 3. The molecule has 0 atom stereocenters. The highest BCUT2D eigenvalue weighted by atomic mass is 16.5. The van der Waals surface area contributed by atoms with Crippen LogP contribution in [0, 0.1) is 0 Å². The second kappa shape index (κ2) is 20.9. The predicted molar refractivity (Wildman–Crippen MR) is 174 cm³/mol. The van der Waals surface area contributed by atoms with Crippen LogP contribution in [-0.4, -0.2) is 168 Å². The van der Waals surface area contributed by atoms with E-state index in [1.54, 1.807) is 14.7 Å². The van der Waals surface area contributed by atoms with Crippen LogP contribution >= 0.6 is 0 Å². The van der Waals surface area contributed by atoms with Gasteiger partial charge in [-0.25, -0.2) is 4.79 Å². The fourth-order valence-electron chi connectivity index (χ4n) is 5.03. The first-order valence-corrected chi connectivity index (χ1v) is 16.1. The summed E-state index contributed by atoms with van der Waals surface area (Å²) in [6, 6.07) is 3.57. The predicted octanol–water partition coefficient (Wildman–Crippen LogP) is 1.12. The van der Waals surface area contributed by atoms with E-state index in [0.717, 1.165) is 76.0 Å². The zero-order valence-electron chi connectivity index (χ0n) is 28.9. The second-order valence-corrected chi connectivity index (χ2v) is 12.7. The number of likely N-dealkylation sites (tertiary alicyclic amines) is 4. The van der Waals surface area contributed by atoms with E-state index >= 15 is 0 Å². The summed E-state index contributed by atoms with van der Waals surface area (Å²) in [5.41, 5.74) is 0. The van der Waals surface area contributed by atoms with Crippen molar-refractivity contribution >= 4 is 17.9 Å². The number of likely N-dealkylation sites (N-methyl/N-ethyl adjacent to an activating group) is 2. The van der Waals surface area contributed by atoms with Crippen LogP contribution in [0.5, 0.6) is 0 Å². The molecule has 4 saturated heterocycles. The molecule has 0 radical (unpaired) electrons. The van der Waals surface area contributed by atoms with Crippen molar-refractivity contribution in [3.63, 3.8) is 0 Å². The van der Waals surface area contributed by atoms with Crippen LogP contribution in [-0.2, 0) is 14.3 Å². The van der Waals surface area contributed by atoms with E-state index in [-0.39, 0.29) is 6.09 Å². The Balaban J connectivity index is 0.000000270. The van der Waals surface area contributed by atoms with E-state index in [2.05, 4.69) is 58.4 Å². The molecular weight excluding hydrogens is 548 g/mol. The summed E-state index contributed by atoms with van der Waals surface area (Å²) in [7, 11) is 15.4. The fraction of sp³-hybridized carbons (Fsp3) is 0.903. The van der Waals surface area contributed by atoms with Crippen LogP contribution in [0.15, 0.2) is 0 Å². The molecule has 0 aromatic carbocycles. The minimum absolute atomic E-state index is 0.230. The molecule has 0 aromatic rings. The van der Waals surface area contributed by atoms with Crippen molar-refractivity contribution in [2.45, 2.75) is 89.0 Å². The molecule has 1 saturated carbocycles. The van der Waals surface area contributed by atoms with Crippen LogP contribution in [0.25, 0.3) is 0 Å². The number of piperidine rings is 1. The number of rotatable bonds is 5. The molecule has 5 rings (SSSR count). The van der Waals surface area contributed by atoms with E-state index < -0.39 is 0 Å². The Kier molecular flexibility index (Phi) is 18.9. The van der Waals surface area contributed by atoms with Gasteiger partial charge in [0.25, 0.3) is 0 Å². The van der Waals surface area contributed by atoms with E-state index in [0.29, 0.717) is 17.9 Å². The summed E-state index contributed by atoms with van der Waals surface area (Å²) in [5, 5.41) is 9.57. The first kappa shape index (κ1) is 39.0. The van der Waals surface area contributed by atoms with Crippen LogP contribution in [0.4, 0.5) is 4.79 Å². The quantitative estimate of drug-likeness (QED) is 0.421. The standard InChI is InChI=1S/2C7H16N2.C6H12N2O2.C6H11NO.C5H9NO/c1-8-6-4-7(5-6)9(2)3;1-6(2)9-4-7(5-9)8-3;1-7-5-3-8(4-5)6(9)10-2;1-7-5-3-2-4-6(7)8;1-6-4-2-3-5(6)7/h2*6-8H,4-5H2,1-3H3;5,7H,3-4H2,1-2H3;2-5H2,1H3;2-4H2,1H3. The van der Waals surface area contributed by atoms with E-state index in [1.165, 1.54) is 39.5 Å². The van der Waals surface area contributed by atoms with E-state index in [9.17, 15) is 14.4 Å². The zero-order valence-corrected chi connectivity index (χ0v) is 28.9. The molecule has 0 spiro atoms. The van der Waals surface area contributed by atoms with Gasteiger partial charge in [0.2, 0.25) is 11.8 Å². The van der Waals surface area contributed by atoms with Crippen LogP contribution in [0.3, 0.4) is 0 Å². The van der Waals surface area contributed by atoms with Crippen molar-refractivity contribution in [1.29, 1.82) is 0 Å². The lowest BCUT2D eigenvalue weighted by molar-refractivity contribution is -0.131. The molecule has 4 heterocycles. The molecule has 4 aliphatic heterocycles. The third kappa shape index (κ3) is 14.6. The van der Waals surface area contributed by atoms with Gasteiger partial charge in [0, 0.05) is 96.4 Å². The molecule has 5 fully saturated rings. The molecule has 0 unspecified atom stereocenters. The molecular formula is C31H64N8O4. The SMILES string of the molecule is CN1CCCC1=O.CN1CCCCC1=O.CNC1CC(N(C)C)C1.CNC1CN(C(=O)OC)C1.CNC1CN(C(C)C)C1. The summed E-state index contributed by atoms with van der Waals surface area (Å²) >= 11 is 0. The van der Waals surface area contributed by atoms with Crippen molar-refractivity contribution in [1.82, 2.24) is 40.4 Å². The summed E-state index contributed by atoms with van der Waals surface area (Å²) < 4.78 is 4.51. The second-order valence-electron chi connectivity index (χ2n) is 12.7. The lowest BCUT2D eigenvalue weighted by atomic mass is 9.86. The van der Waals surface area contributed by atoms with Gasteiger partial charge >= 0.3 is 6.09 Å². The first-order valence-electron chi connectivity index (χ1n) is 16.1. The largest absolute Gasteiger partial charge is 0.453 e. The third-order valence-corrected chi connectivity index (χ3v) is 8.89. The average molecular weight is 613 g/mol. The monoisotopic (exact) mass is 613 g/mol. The van der Waals surface area contributed by atoms with E-state index in [1.807, 2.05) is 35.2 Å². The van der Waals surface area contributed by atoms with Gasteiger partial charge in [-0.3, -0.25) is 14.5 Å². The Morgan fingerprint density at radius 1 is 0.791 bits per heavy atom. The number of nitrogens with zero attached hydrogens (tertiary/aromatic N) is 5. The van der Waals surface area contributed by atoms with Crippen molar-refractivity contribution in [3.8, 4) is 0 Å². The Bertz CT molecular complexity index is 773. The number of ether oxygens (including phenoxy) is 1. The molecule has 0 aromatic heterocycles. The van der Waals surface area contributed by atoms with Gasteiger partial charge in [-0.15, -0.1) is 0 Å². The van der Waals surface area contributed by atoms with E-state index in [4.69, 9.17) is 0 Å². The van der Waals surface area contributed by atoms with Crippen LogP contribution in [0.2, 0.25) is 0 Å². The Morgan fingerprint density at radius 2 is 1.26 bits per heavy atom. The Morgan fingerprint density at radius 3 is 1.58 bits per heavy atom. The fourth-order valence-corrected chi connectivity index (χ4v) is 5.03. The van der Waals surface area contributed by atoms with Gasteiger partial charge in [-0.2, -0.15) is 0 Å². The molecule has 43 heavy (non-hydrogen) atoms. The molecule has 252 valence electrons. The lowest BCUT2D eigenvalue weighted by Gasteiger charge is -2.41. The van der Waals surface area contributed by atoms with Gasteiger partial charge in [-0.05, 0) is 81.2 Å². The summed E-state index contributed by atoms with van der Waals surface area (Å²) in [6.45, 7) is 10.4. The maximum Gasteiger partial charge on any atom is 0.409 e. The third-order valence-electron chi connectivity index (χ3n) is 8.89. The maximum atomic E-state index is 10.7. The molecule has 5 aliphatic rings. The van der Waals surface area contributed by atoms with Crippen molar-refractivity contribution in [2.75, 3.05) is 95.7 Å². The number of hydrogen-bond acceptors (Lipinski definition) is 9. The number of nitrogens with one attached hydrogen (secondary N) is 3. The highest BCUT2D eigenvalue weighted by molar-refractivity contribution is 5.77.